The molecule has 0 aliphatic heterocycles. The van der Waals surface area contributed by atoms with Crippen molar-refractivity contribution in [2.24, 2.45) is 52.3 Å². The Morgan fingerprint density at radius 3 is 1.95 bits per heavy atom. The lowest BCUT2D eigenvalue weighted by molar-refractivity contribution is -0.143. The molecule has 42 heavy (non-hydrogen) atoms. The van der Waals surface area contributed by atoms with Crippen LogP contribution in [0.1, 0.15) is 168 Å². The van der Waals surface area contributed by atoms with Gasteiger partial charge in [0.2, 0.25) is 0 Å². The maximum atomic E-state index is 11.9. The summed E-state index contributed by atoms with van der Waals surface area (Å²) in [6.07, 6.45) is 25.0. The van der Waals surface area contributed by atoms with Gasteiger partial charge in [-0.15, -0.1) is 12.8 Å². The Labute approximate surface area is 266 Å². The molecule has 4 fully saturated rings. The van der Waals surface area contributed by atoms with Crippen LogP contribution in [0, 0.1) is 65.1 Å². The normalized spacial score (nSPS) is 34.8. The van der Waals surface area contributed by atoms with Crippen molar-refractivity contribution >= 4 is 5.97 Å². The Hall–Kier alpha value is -1.23. The van der Waals surface area contributed by atoms with Gasteiger partial charge >= 0.3 is 5.97 Å². The number of carbonyl (C=O) groups is 1. The van der Waals surface area contributed by atoms with Crippen LogP contribution >= 0.6 is 0 Å². The van der Waals surface area contributed by atoms with E-state index >= 15 is 0 Å². The second-order valence-corrected chi connectivity index (χ2v) is 12.7. The Kier molecular flexibility index (Phi) is 22.8. The summed E-state index contributed by atoms with van der Waals surface area (Å²) in [5, 5.41) is 0. The molecule has 0 bridgehead atoms. The van der Waals surface area contributed by atoms with Gasteiger partial charge in [0, 0.05) is 6.42 Å². The lowest BCUT2D eigenvalue weighted by Crippen LogP contribution is -2.53. The summed E-state index contributed by atoms with van der Waals surface area (Å²) in [5.74, 6) is 6.05. The van der Waals surface area contributed by atoms with Gasteiger partial charge in [-0.3, -0.25) is 4.79 Å². The number of allylic oxidation sites excluding steroid dienone is 2. The van der Waals surface area contributed by atoms with Crippen LogP contribution in [-0.4, -0.2) is 12.6 Å². The zero-order valence-corrected chi connectivity index (χ0v) is 31.1. The van der Waals surface area contributed by atoms with Gasteiger partial charge in [0.25, 0.3) is 0 Å². The molecule has 4 saturated carbocycles. The minimum absolute atomic E-state index is 0.00207. The standard InChI is InChI=1S/C30H50O2.4C2H6.C2H2/c1-7-20(3)22-15-17-29(5)23(19-22)10-11-24-26-13-12-25(30(26,6)18-16-27(24)29)21(4)9-14-28(31)32-8-2;5*1-2/h7,21-27H,8-19H2,1-6H3;4*1-2H3;1-2H/t21-,22?,23?,24?,25?,26?,27?,29?,30?;;;;;/m1...../s1. The van der Waals surface area contributed by atoms with Gasteiger partial charge in [-0.2, -0.15) is 0 Å². The fourth-order valence-corrected chi connectivity index (χ4v) is 9.66. The summed E-state index contributed by atoms with van der Waals surface area (Å²) in [4.78, 5) is 11.9. The third kappa shape index (κ3) is 9.89. The van der Waals surface area contributed by atoms with Crippen LogP contribution in [0.25, 0.3) is 0 Å². The highest BCUT2D eigenvalue weighted by Crippen LogP contribution is 2.68. The Morgan fingerprint density at radius 2 is 1.40 bits per heavy atom. The van der Waals surface area contributed by atoms with Crippen molar-refractivity contribution in [1.29, 1.82) is 0 Å². The molecule has 0 heterocycles. The molecule has 0 N–H and O–H groups in total. The van der Waals surface area contributed by atoms with Crippen LogP contribution in [-0.2, 0) is 9.53 Å². The van der Waals surface area contributed by atoms with E-state index in [1.807, 2.05) is 62.3 Å². The van der Waals surface area contributed by atoms with Crippen LogP contribution < -0.4 is 0 Å². The molecular weight excluding hydrogens is 512 g/mol. The van der Waals surface area contributed by atoms with Crippen LogP contribution in [0.3, 0.4) is 0 Å². The molecule has 0 saturated heterocycles. The smallest absolute Gasteiger partial charge is 0.305 e. The molecule has 9 atom stereocenters. The quantitative estimate of drug-likeness (QED) is 0.175. The summed E-state index contributed by atoms with van der Waals surface area (Å²) in [6, 6.07) is 0. The molecule has 4 aliphatic carbocycles. The first-order chi connectivity index (χ1) is 20.2. The lowest BCUT2D eigenvalue weighted by atomic mass is 9.43. The van der Waals surface area contributed by atoms with Crippen molar-refractivity contribution in [3.63, 3.8) is 0 Å². The fourth-order valence-electron chi connectivity index (χ4n) is 9.66. The summed E-state index contributed by atoms with van der Waals surface area (Å²) >= 11 is 0. The van der Waals surface area contributed by atoms with Gasteiger partial charge in [-0.05, 0) is 137 Å². The van der Waals surface area contributed by atoms with Crippen molar-refractivity contribution in [2.75, 3.05) is 6.61 Å². The van der Waals surface area contributed by atoms with Crippen molar-refractivity contribution in [1.82, 2.24) is 0 Å². The number of terminal acetylenes is 1. The summed E-state index contributed by atoms with van der Waals surface area (Å²) in [5.41, 5.74) is 2.72. The van der Waals surface area contributed by atoms with E-state index in [9.17, 15) is 4.79 Å². The molecule has 4 rings (SSSR count). The SMILES string of the molecule is C#C.CC.CC.CC.CC.CC=C(C)C1CCC2(C)C(CCC3C2CCC2(C)C3CCC2[C@H](C)CCC(=O)OCC)C1. The molecule has 4 aliphatic rings. The van der Waals surface area contributed by atoms with Crippen molar-refractivity contribution in [3.05, 3.63) is 11.6 Å². The maximum absolute atomic E-state index is 11.9. The minimum Gasteiger partial charge on any atom is -0.466 e. The molecule has 0 aromatic rings. The zero-order valence-electron chi connectivity index (χ0n) is 31.1. The van der Waals surface area contributed by atoms with Gasteiger partial charge in [0.1, 0.15) is 0 Å². The average Bonchev–Trinajstić information content (AvgIpc) is 3.41. The van der Waals surface area contributed by atoms with Crippen LogP contribution in [0.5, 0.6) is 0 Å². The number of esters is 1. The Balaban J connectivity index is 0. The number of hydrogen-bond donors (Lipinski definition) is 0. The monoisotopic (exact) mass is 589 g/mol. The largest absolute Gasteiger partial charge is 0.466 e. The number of fused-ring (bicyclic) bond motifs is 5. The maximum Gasteiger partial charge on any atom is 0.305 e. The van der Waals surface area contributed by atoms with Crippen molar-refractivity contribution in [2.45, 2.75) is 168 Å². The predicted octanol–water partition coefficient (Wildman–Crippen LogP) is 12.6. The van der Waals surface area contributed by atoms with Gasteiger partial charge in [-0.25, -0.2) is 0 Å². The van der Waals surface area contributed by atoms with Crippen molar-refractivity contribution < 1.29 is 9.53 Å². The van der Waals surface area contributed by atoms with Crippen LogP contribution in [0.4, 0.5) is 0 Å². The van der Waals surface area contributed by atoms with E-state index in [-0.39, 0.29) is 5.97 Å². The molecule has 8 unspecified atom stereocenters. The van der Waals surface area contributed by atoms with E-state index in [0.717, 1.165) is 41.9 Å². The predicted molar refractivity (Wildman–Crippen MR) is 188 cm³/mol. The summed E-state index contributed by atoms with van der Waals surface area (Å²) < 4.78 is 5.21. The highest BCUT2D eigenvalue weighted by atomic mass is 16.5. The molecule has 0 aromatic heterocycles. The fraction of sp³-hybridized carbons (Fsp3) is 0.875. The number of ether oxygens (including phenoxy) is 1. The second-order valence-electron chi connectivity index (χ2n) is 12.7. The first kappa shape index (κ1) is 42.9. The van der Waals surface area contributed by atoms with E-state index in [0.29, 0.717) is 29.8 Å². The molecule has 0 radical (unpaired) electrons. The highest BCUT2D eigenvalue weighted by molar-refractivity contribution is 5.69. The Morgan fingerprint density at radius 1 is 0.857 bits per heavy atom. The van der Waals surface area contributed by atoms with Gasteiger partial charge in [-0.1, -0.05) is 87.8 Å². The summed E-state index contributed by atoms with van der Waals surface area (Å²) in [6.45, 7) is 30.8. The van der Waals surface area contributed by atoms with E-state index in [2.05, 4.69) is 53.5 Å². The number of carbonyl (C=O) groups excluding carboxylic acids is 1. The number of hydrogen-bond acceptors (Lipinski definition) is 2. The van der Waals surface area contributed by atoms with E-state index in [4.69, 9.17) is 4.74 Å². The first-order valence-corrected chi connectivity index (χ1v) is 18.4. The molecule has 2 nitrogen and oxygen atoms in total. The average molecular weight is 589 g/mol. The van der Waals surface area contributed by atoms with E-state index < -0.39 is 0 Å². The topological polar surface area (TPSA) is 26.3 Å². The van der Waals surface area contributed by atoms with Crippen LogP contribution in [0.15, 0.2) is 11.6 Å². The van der Waals surface area contributed by atoms with E-state index in [1.165, 1.54) is 57.8 Å². The van der Waals surface area contributed by atoms with Gasteiger partial charge in [0.05, 0.1) is 6.61 Å². The zero-order chi connectivity index (χ0) is 33.1. The van der Waals surface area contributed by atoms with Crippen LogP contribution in [0.2, 0.25) is 0 Å². The lowest BCUT2D eigenvalue weighted by Gasteiger charge is -2.61. The number of rotatable bonds is 6. The highest BCUT2D eigenvalue weighted by Gasteiger charge is 2.60. The minimum atomic E-state index is -0.00207. The third-order valence-corrected chi connectivity index (χ3v) is 11.6. The molecule has 0 amide bonds. The summed E-state index contributed by atoms with van der Waals surface area (Å²) in [7, 11) is 0. The molecular formula is C40H76O2. The Bertz CT molecular complexity index is 750. The van der Waals surface area contributed by atoms with Crippen molar-refractivity contribution in [3.8, 4) is 12.8 Å². The molecule has 0 aromatic carbocycles. The van der Waals surface area contributed by atoms with E-state index in [1.54, 1.807) is 5.57 Å². The second kappa shape index (κ2) is 22.3. The third-order valence-electron chi connectivity index (χ3n) is 11.6. The van der Waals surface area contributed by atoms with Gasteiger partial charge in [0.15, 0.2) is 0 Å². The first-order valence-electron chi connectivity index (χ1n) is 18.4. The molecule has 248 valence electrons. The van der Waals surface area contributed by atoms with Gasteiger partial charge < -0.3 is 4.74 Å². The molecule has 2 heteroatoms. The molecule has 0 spiro atoms.